The summed E-state index contributed by atoms with van der Waals surface area (Å²) in [6.45, 7) is 0.568. The Hall–Kier alpha value is -1.30. The van der Waals surface area contributed by atoms with Crippen LogP contribution >= 0.6 is 0 Å². The molecule has 1 rings (SSSR count). The summed E-state index contributed by atoms with van der Waals surface area (Å²) in [7, 11) is 0. The number of nitrogens with two attached hydrogens (primary N) is 1. The van der Waals surface area contributed by atoms with Crippen molar-refractivity contribution in [3.05, 3.63) is 0 Å². The molecule has 1 aliphatic carbocycles. The Morgan fingerprint density at radius 1 is 1.24 bits per heavy atom. The molecule has 0 aromatic carbocycles. The quantitative estimate of drug-likeness (QED) is 0.578. The molecule has 0 aromatic rings. The van der Waals surface area contributed by atoms with Crippen LogP contribution in [0, 0.1) is 0 Å². The maximum absolute atomic E-state index is 11.4. The molecule has 6 heteroatoms. The number of primary amides is 1. The van der Waals surface area contributed by atoms with E-state index in [4.69, 9.17) is 10.5 Å². The molecular weight excluding hydrogens is 222 g/mol. The van der Waals surface area contributed by atoms with Crippen LogP contribution in [0.1, 0.15) is 32.1 Å². The van der Waals surface area contributed by atoms with Crippen molar-refractivity contribution in [2.45, 2.75) is 38.1 Å². The van der Waals surface area contributed by atoms with Crippen LogP contribution in [-0.4, -0.2) is 37.7 Å². The summed E-state index contributed by atoms with van der Waals surface area (Å²) in [5, 5.41) is 5.60. The Labute approximate surface area is 101 Å². The van der Waals surface area contributed by atoms with E-state index in [1.165, 1.54) is 19.3 Å². The van der Waals surface area contributed by atoms with E-state index in [1.54, 1.807) is 0 Å². The van der Waals surface area contributed by atoms with Gasteiger partial charge in [-0.25, -0.2) is 4.79 Å². The fourth-order valence-electron chi connectivity index (χ4n) is 1.89. The van der Waals surface area contributed by atoms with Gasteiger partial charge in [0.25, 0.3) is 0 Å². The van der Waals surface area contributed by atoms with Crippen LogP contribution in [0.5, 0.6) is 0 Å². The van der Waals surface area contributed by atoms with Crippen molar-refractivity contribution in [3.8, 4) is 0 Å². The van der Waals surface area contributed by atoms with Crippen molar-refractivity contribution in [2.24, 2.45) is 5.73 Å². The Morgan fingerprint density at radius 3 is 2.59 bits per heavy atom. The van der Waals surface area contributed by atoms with Crippen molar-refractivity contribution < 1.29 is 14.3 Å². The van der Waals surface area contributed by atoms with Crippen LogP contribution in [0.25, 0.3) is 0 Å². The molecule has 0 aromatic heterocycles. The summed E-state index contributed by atoms with van der Waals surface area (Å²) in [5.74, 6) is -0.503. The summed E-state index contributed by atoms with van der Waals surface area (Å²) in [5.41, 5.74) is 4.89. The molecule has 0 aliphatic heterocycles. The van der Waals surface area contributed by atoms with Crippen LogP contribution in [0.3, 0.4) is 0 Å². The molecule has 0 heterocycles. The fraction of sp³-hybridized carbons (Fsp3) is 0.818. The molecule has 0 radical (unpaired) electrons. The van der Waals surface area contributed by atoms with E-state index in [-0.39, 0.29) is 12.6 Å². The van der Waals surface area contributed by atoms with E-state index in [0.717, 1.165) is 12.8 Å². The lowest BCUT2D eigenvalue weighted by atomic mass is 9.96. The summed E-state index contributed by atoms with van der Waals surface area (Å²) < 4.78 is 4.92. The summed E-state index contributed by atoms with van der Waals surface area (Å²) in [4.78, 5) is 21.8. The first-order chi connectivity index (χ1) is 8.18. The number of nitrogens with one attached hydrogen (secondary N) is 2. The average Bonchev–Trinajstić information content (AvgIpc) is 2.29. The van der Waals surface area contributed by atoms with Crippen molar-refractivity contribution in [1.82, 2.24) is 10.6 Å². The maximum atomic E-state index is 11.4. The third-order valence-electron chi connectivity index (χ3n) is 2.72. The van der Waals surface area contributed by atoms with E-state index in [2.05, 4.69) is 10.6 Å². The zero-order valence-corrected chi connectivity index (χ0v) is 10.0. The smallest absolute Gasteiger partial charge is 0.315 e. The van der Waals surface area contributed by atoms with Gasteiger partial charge in [-0.2, -0.15) is 0 Å². The molecule has 1 aliphatic rings. The third-order valence-corrected chi connectivity index (χ3v) is 2.72. The van der Waals surface area contributed by atoms with Crippen LogP contribution in [0.4, 0.5) is 4.79 Å². The van der Waals surface area contributed by atoms with E-state index in [9.17, 15) is 9.59 Å². The minimum Gasteiger partial charge on any atom is -0.370 e. The van der Waals surface area contributed by atoms with Gasteiger partial charge >= 0.3 is 6.03 Å². The zero-order valence-electron chi connectivity index (χ0n) is 10.0. The van der Waals surface area contributed by atoms with Gasteiger partial charge in [-0.05, 0) is 12.8 Å². The molecule has 0 atom stereocenters. The third kappa shape index (κ3) is 6.78. The number of hydrogen-bond donors (Lipinski definition) is 3. The van der Waals surface area contributed by atoms with Crippen molar-refractivity contribution in [1.29, 1.82) is 0 Å². The molecule has 1 fully saturated rings. The Kier molecular flexibility index (Phi) is 6.39. The highest BCUT2D eigenvalue weighted by Crippen LogP contribution is 2.16. The molecule has 0 spiro atoms. The van der Waals surface area contributed by atoms with Gasteiger partial charge in [0.2, 0.25) is 5.91 Å². The zero-order chi connectivity index (χ0) is 12.5. The largest absolute Gasteiger partial charge is 0.370 e. The lowest BCUT2D eigenvalue weighted by molar-refractivity contribution is -0.122. The second kappa shape index (κ2) is 7.89. The first-order valence-corrected chi connectivity index (χ1v) is 6.09. The SMILES string of the molecule is NC(=O)COCCNC(=O)NC1CCCCC1. The predicted molar refractivity (Wildman–Crippen MR) is 63.4 cm³/mol. The van der Waals surface area contributed by atoms with Crippen LogP contribution in [-0.2, 0) is 9.53 Å². The number of hydrogen-bond acceptors (Lipinski definition) is 3. The average molecular weight is 243 g/mol. The minimum absolute atomic E-state index is 0.105. The van der Waals surface area contributed by atoms with Crippen LogP contribution in [0.15, 0.2) is 0 Å². The van der Waals surface area contributed by atoms with Crippen LogP contribution < -0.4 is 16.4 Å². The van der Waals surface area contributed by atoms with Crippen molar-refractivity contribution in [2.75, 3.05) is 19.8 Å². The normalized spacial score (nSPS) is 16.5. The summed E-state index contributed by atoms with van der Waals surface area (Å²) in [6.07, 6.45) is 5.76. The van der Waals surface area contributed by atoms with Gasteiger partial charge in [-0.1, -0.05) is 19.3 Å². The first kappa shape index (κ1) is 13.8. The number of rotatable bonds is 6. The number of ether oxygens (including phenoxy) is 1. The van der Waals surface area contributed by atoms with Gasteiger partial charge in [0, 0.05) is 12.6 Å². The number of carbonyl (C=O) groups is 2. The van der Waals surface area contributed by atoms with Crippen LogP contribution in [0.2, 0.25) is 0 Å². The lowest BCUT2D eigenvalue weighted by Gasteiger charge is -2.22. The Morgan fingerprint density at radius 2 is 1.94 bits per heavy atom. The van der Waals surface area contributed by atoms with E-state index >= 15 is 0 Å². The maximum Gasteiger partial charge on any atom is 0.315 e. The predicted octanol–water partition coefficient (Wildman–Crippen LogP) is 0.120. The molecule has 1 saturated carbocycles. The number of carbonyl (C=O) groups excluding carboxylic acids is 2. The van der Waals surface area contributed by atoms with Gasteiger partial charge in [0.05, 0.1) is 6.61 Å². The van der Waals surface area contributed by atoms with Gasteiger partial charge in [-0.15, -0.1) is 0 Å². The van der Waals surface area contributed by atoms with Crippen molar-refractivity contribution >= 4 is 11.9 Å². The molecule has 0 saturated heterocycles. The molecule has 17 heavy (non-hydrogen) atoms. The molecule has 0 bridgehead atoms. The summed E-state index contributed by atoms with van der Waals surface area (Å²) >= 11 is 0. The van der Waals surface area contributed by atoms with Gasteiger partial charge in [0.1, 0.15) is 6.61 Å². The summed E-state index contributed by atoms with van der Waals surface area (Å²) in [6, 6.07) is 0.134. The standard InChI is InChI=1S/C11H21N3O3/c12-10(15)8-17-7-6-13-11(16)14-9-4-2-1-3-5-9/h9H,1-8H2,(H2,12,15)(H2,13,14,16). The van der Waals surface area contributed by atoms with Gasteiger partial charge < -0.3 is 21.1 Å². The Balaban J connectivity index is 1.98. The highest BCUT2D eigenvalue weighted by Gasteiger charge is 2.14. The molecule has 0 unspecified atom stereocenters. The van der Waals surface area contributed by atoms with Crippen molar-refractivity contribution in [3.63, 3.8) is 0 Å². The van der Waals surface area contributed by atoms with Gasteiger partial charge in [0.15, 0.2) is 0 Å². The number of urea groups is 1. The lowest BCUT2D eigenvalue weighted by Crippen LogP contribution is -2.43. The second-order valence-corrected chi connectivity index (χ2v) is 4.25. The molecule has 4 N–H and O–H groups in total. The molecule has 6 nitrogen and oxygen atoms in total. The van der Waals surface area contributed by atoms with E-state index in [1.807, 2.05) is 0 Å². The van der Waals surface area contributed by atoms with Gasteiger partial charge in [-0.3, -0.25) is 4.79 Å². The molecular formula is C11H21N3O3. The monoisotopic (exact) mass is 243 g/mol. The topological polar surface area (TPSA) is 93.5 Å². The fourth-order valence-corrected chi connectivity index (χ4v) is 1.89. The highest BCUT2D eigenvalue weighted by atomic mass is 16.5. The molecule has 3 amide bonds. The number of amides is 3. The highest BCUT2D eigenvalue weighted by molar-refractivity contribution is 5.75. The first-order valence-electron chi connectivity index (χ1n) is 6.09. The Bertz CT molecular complexity index is 252. The van der Waals surface area contributed by atoms with E-state index in [0.29, 0.717) is 19.2 Å². The minimum atomic E-state index is -0.503. The van der Waals surface area contributed by atoms with E-state index < -0.39 is 5.91 Å². The second-order valence-electron chi connectivity index (χ2n) is 4.25. The molecule has 98 valence electrons.